The third-order valence-corrected chi connectivity index (χ3v) is 5.95. The molecular weight excluding hydrogens is 260 g/mol. The minimum absolute atomic E-state index is 0.436. The van der Waals surface area contributed by atoms with Crippen molar-refractivity contribution in [1.82, 2.24) is 4.90 Å². The summed E-state index contributed by atoms with van der Waals surface area (Å²) in [7, 11) is 0. The molecule has 1 heterocycles. The molecule has 1 aliphatic heterocycles. The molecule has 2 saturated carbocycles. The predicted molar refractivity (Wildman–Crippen MR) is 83.8 cm³/mol. The van der Waals surface area contributed by atoms with E-state index in [-0.39, 0.29) is 0 Å². The Morgan fingerprint density at radius 1 is 0.952 bits per heavy atom. The maximum atomic E-state index is 9.38. The molecule has 1 aromatic carbocycles. The van der Waals surface area contributed by atoms with E-state index in [4.69, 9.17) is 0 Å². The number of oxime groups is 1. The molecule has 21 heavy (non-hydrogen) atoms. The van der Waals surface area contributed by atoms with E-state index in [0.717, 1.165) is 24.7 Å². The van der Waals surface area contributed by atoms with Crippen LogP contribution >= 0.6 is 0 Å². The van der Waals surface area contributed by atoms with Crippen LogP contribution in [0.1, 0.15) is 43.6 Å². The summed E-state index contributed by atoms with van der Waals surface area (Å²) in [6.07, 6.45) is 6.28. The van der Waals surface area contributed by atoms with Crippen LogP contribution in [-0.2, 0) is 0 Å². The highest BCUT2D eigenvalue weighted by Crippen LogP contribution is 2.46. The third kappa shape index (κ3) is 2.28. The van der Waals surface area contributed by atoms with E-state index in [1.54, 1.807) is 0 Å². The molecule has 0 aromatic heterocycles. The molecule has 3 heteroatoms. The average Bonchev–Trinajstić information content (AvgIpc) is 3.16. The molecule has 1 aromatic rings. The fourth-order valence-corrected chi connectivity index (χ4v) is 4.92. The predicted octanol–water partition coefficient (Wildman–Crippen LogP) is 3.49. The van der Waals surface area contributed by atoms with E-state index >= 15 is 0 Å². The first-order chi connectivity index (χ1) is 10.4. The lowest BCUT2D eigenvalue weighted by Gasteiger charge is -2.39. The van der Waals surface area contributed by atoms with Crippen LogP contribution in [0.15, 0.2) is 35.5 Å². The van der Waals surface area contributed by atoms with Gasteiger partial charge in [0.1, 0.15) is 0 Å². The Bertz CT molecular complexity index is 519. The molecular formula is C18H24N2O. The summed E-state index contributed by atoms with van der Waals surface area (Å²) in [5.41, 5.74) is 2.57. The number of hydrogen-bond acceptors (Lipinski definition) is 3. The lowest BCUT2D eigenvalue weighted by atomic mass is 9.86. The van der Waals surface area contributed by atoms with Gasteiger partial charge < -0.3 is 5.21 Å². The number of piperidine rings is 1. The van der Waals surface area contributed by atoms with Gasteiger partial charge in [0.05, 0.1) is 11.8 Å². The van der Waals surface area contributed by atoms with E-state index in [2.05, 4.69) is 40.4 Å². The Hall–Kier alpha value is -1.35. The third-order valence-electron chi connectivity index (χ3n) is 5.95. The van der Waals surface area contributed by atoms with Gasteiger partial charge in [0.25, 0.3) is 0 Å². The number of hydrogen-bond donors (Lipinski definition) is 1. The highest BCUT2D eigenvalue weighted by Gasteiger charge is 2.48. The zero-order chi connectivity index (χ0) is 14.2. The highest BCUT2D eigenvalue weighted by atomic mass is 16.4. The van der Waals surface area contributed by atoms with E-state index in [0.29, 0.717) is 17.9 Å². The van der Waals surface area contributed by atoms with Gasteiger partial charge in [-0.3, -0.25) is 4.90 Å². The van der Waals surface area contributed by atoms with Gasteiger partial charge in [-0.2, -0.15) is 0 Å². The number of fused-ring (bicyclic) bond motifs is 2. The lowest BCUT2D eigenvalue weighted by molar-refractivity contribution is 0.151. The van der Waals surface area contributed by atoms with Crippen molar-refractivity contribution in [3.63, 3.8) is 0 Å². The molecule has 1 saturated heterocycles. The van der Waals surface area contributed by atoms with Crippen molar-refractivity contribution < 1.29 is 5.21 Å². The van der Waals surface area contributed by atoms with Crippen molar-refractivity contribution in [2.24, 2.45) is 17.0 Å². The van der Waals surface area contributed by atoms with Crippen LogP contribution in [-0.4, -0.2) is 35.0 Å². The van der Waals surface area contributed by atoms with Crippen molar-refractivity contribution in [3.8, 4) is 0 Å². The Labute approximate surface area is 126 Å². The standard InChI is InChI=1S/C18H24N2O/c21-19-17-15-6-7-16(12-15)18(17)20-10-8-14(9-11-20)13-4-2-1-3-5-13/h1-5,14-16,18,21H,6-12H2. The molecule has 3 nitrogen and oxygen atoms in total. The first kappa shape index (κ1) is 13.3. The topological polar surface area (TPSA) is 35.8 Å². The van der Waals surface area contributed by atoms with Gasteiger partial charge in [-0.25, -0.2) is 0 Å². The molecule has 0 spiro atoms. The number of rotatable bonds is 2. The summed E-state index contributed by atoms with van der Waals surface area (Å²) in [4.78, 5) is 2.60. The van der Waals surface area contributed by atoms with Crippen molar-refractivity contribution >= 4 is 5.71 Å². The molecule has 3 unspecified atom stereocenters. The van der Waals surface area contributed by atoms with E-state index in [9.17, 15) is 5.21 Å². The highest BCUT2D eigenvalue weighted by molar-refractivity contribution is 5.94. The maximum Gasteiger partial charge on any atom is 0.0775 e. The quantitative estimate of drug-likeness (QED) is 0.666. The molecule has 4 rings (SSSR count). The van der Waals surface area contributed by atoms with E-state index in [1.165, 1.54) is 37.7 Å². The average molecular weight is 284 g/mol. The molecule has 0 radical (unpaired) electrons. The van der Waals surface area contributed by atoms with Crippen LogP contribution in [0.5, 0.6) is 0 Å². The van der Waals surface area contributed by atoms with E-state index in [1.807, 2.05) is 0 Å². The molecule has 3 atom stereocenters. The van der Waals surface area contributed by atoms with Gasteiger partial charge in [0.15, 0.2) is 0 Å². The van der Waals surface area contributed by atoms with Crippen LogP contribution in [0.25, 0.3) is 0 Å². The first-order valence-electron chi connectivity index (χ1n) is 8.37. The second kappa shape index (κ2) is 5.45. The van der Waals surface area contributed by atoms with Crippen LogP contribution in [0.4, 0.5) is 0 Å². The summed E-state index contributed by atoms with van der Waals surface area (Å²) in [6, 6.07) is 11.3. The smallest absolute Gasteiger partial charge is 0.0775 e. The van der Waals surface area contributed by atoms with Gasteiger partial charge >= 0.3 is 0 Å². The van der Waals surface area contributed by atoms with Crippen molar-refractivity contribution in [1.29, 1.82) is 0 Å². The van der Waals surface area contributed by atoms with Crippen LogP contribution in [0.3, 0.4) is 0 Å². The molecule has 112 valence electrons. The Kier molecular flexibility index (Phi) is 3.46. The summed E-state index contributed by atoms with van der Waals surface area (Å²) in [5, 5.41) is 13.1. The zero-order valence-corrected chi connectivity index (χ0v) is 12.5. The largest absolute Gasteiger partial charge is 0.411 e. The Balaban J connectivity index is 1.44. The summed E-state index contributed by atoms with van der Waals surface area (Å²) >= 11 is 0. The molecule has 2 bridgehead atoms. The SMILES string of the molecule is ON=C1C2CCC(C2)C1N1CCC(c2ccccc2)CC1. The van der Waals surface area contributed by atoms with Crippen LogP contribution < -0.4 is 0 Å². The van der Waals surface area contributed by atoms with Crippen LogP contribution in [0.2, 0.25) is 0 Å². The van der Waals surface area contributed by atoms with Crippen molar-refractivity contribution in [2.45, 2.75) is 44.1 Å². The number of benzene rings is 1. The van der Waals surface area contributed by atoms with E-state index < -0.39 is 0 Å². The van der Waals surface area contributed by atoms with Gasteiger partial charge in [0, 0.05) is 5.92 Å². The molecule has 1 N–H and O–H groups in total. The number of likely N-dealkylation sites (tertiary alicyclic amines) is 1. The Morgan fingerprint density at radius 3 is 2.43 bits per heavy atom. The van der Waals surface area contributed by atoms with Gasteiger partial charge in [-0.1, -0.05) is 35.5 Å². The molecule has 2 aliphatic carbocycles. The zero-order valence-electron chi connectivity index (χ0n) is 12.5. The minimum Gasteiger partial charge on any atom is -0.411 e. The summed E-state index contributed by atoms with van der Waals surface area (Å²) in [6.45, 7) is 2.29. The fourth-order valence-electron chi connectivity index (χ4n) is 4.92. The minimum atomic E-state index is 0.436. The molecule has 0 amide bonds. The lowest BCUT2D eigenvalue weighted by Crippen LogP contribution is -2.48. The normalized spacial score (nSPS) is 35.6. The number of nitrogens with zero attached hydrogens (tertiary/aromatic N) is 2. The van der Waals surface area contributed by atoms with Gasteiger partial charge in [-0.15, -0.1) is 0 Å². The Morgan fingerprint density at radius 2 is 1.71 bits per heavy atom. The first-order valence-corrected chi connectivity index (χ1v) is 8.37. The van der Waals surface area contributed by atoms with Crippen LogP contribution in [0, 0.1) is 11.8 Å². The summed E-state index contributed by atoms with van der Waals surface area (Å²) < 4.78 is 0. The second-order valence-electron chi connectivity index (χ2n) is 6.96. The van der Waals surface area contributed by atoms with Gasteiger partial charge in [-0.05, 0) is 62.6 Å². The van der Waals surface area contributed by atoms with Crippen molar-refractivity contribution in [3.05, 3.63) is 35.9 Å². The maximum absolute atomic E-state index is 9.38. The summed E-state index contributed by atoms with van der Waals surface area (Å²) in [5.74, 6) is 2.02. The van der Waals surface area contributed by atoms with Gasteiger partial charge in [0.2, 0.25) is 0 Å². The molecule has 3 aliphatic rings. The van der Waals surface area contributed by atoms with Crippen molar-refractivity contribution in [2.75, 3.05) is 13.1 Å². The monoisotopic (exact) mass is 284 g/mol. The second-order valence-corrected chi connectivity index (χ2v) is 6.96. The molecule has 3 fully saturated rings. The fraction of sp³-hybridized carbons (Fsp3) is 0.611.